The number of nitrogens with two attached hydrogens (primary N) is 1. The van der Waals surface area contributed by atoms with Crippen molar-refractivity contribution in [3.8, 4) is 0 Å². The van der Waals surface area contributed by atoms with Gasteiger partial charge in [-0.2, -0.15) is 0 Å². The van der Waals surface area contributed by atoms with Crippen LogP contribution in [0.15, 0.2) is 0 Å². The van der Waals surface area contributed by atoms with E-state index < -0.39 is 12.0 Å². The maximum absolute atomic E-state index is 12.2. The molecule has 1 aliphatic rings. The quantitative estimate of drug-likeness (QED) is 0.765. The summed E-state index contributed by atoms with van der Waals surface area (Å²) in [7, 11) is 0. The molecule has 2 unspecified atom stereocenters. The van der Waals surface area contributed by atoms with Crippen molar-refractivity contribution in [2.24, 2.45) is 17.6 Å². The maximum atomic E-state index is 12.2. The van der Waals surface area contributed by atoms with Crippen LogP contribution in [0.2, 0.25) is 0 Å². The lowest BCUT2D eigenvalue weighted by atomic mass is 9.84. The Balaban J connectivity index is 2.54. The van der Waals surface area contributed by atoms with Crippen molar-refractivity contribution in [2.45, 2.75) is 52.0 Å². The molecule has 0 spiro atoms. The summed E-state index contributed by atoms with van der Waals surface area (Å²) in [6.45, 7) is 5.39. The molecule has 0 aliphatic carbocycles. The van der Waals surface area contributed by atoms with Crippen molar-refractivity contribution >= 4 is 11.9 Å². The summed E-state index contributed by atoms with van der Waals surface area (Å²) in [6.07, 6.45) is 3.73. The molecule has 1 saturated heterocycles. The Morgan fingerprint density at radius 2 is 2.16 bits per heavy atom. The van der Waals surface area contributed by atoms with Crippen molar-refractivity contribution in [1.29, 1.82) is 0 Å². The third kappa shape index (κ3) is 4.82. The number of piperidine rings is 1. The molecule has 0 radical (unpaired) electrons. The number of hydrogen-bond acceptors (Lipinski definition) is 3. The number of amides is 1. The summed E-state index contributed by atoms with van der Waals surface area (Å²) < 4.78 is 0. The van der Waals surface area contributed by atoms with E-state index in [0.29, 0.717) is 13.0 Å². The molecule has 19 heavy (non-hydrogen) atoms. The van der Waals surface area contributed by atoms with Crippen molar-refractivity contribution in [3.63, 3.8) is 0 Å². The second-order valence-corrected chi connectivity index (χ2v) is 5.66. The number of carboxylic acids is 1. The minimum absolute atomic E-state index is 0.0223. The Hall–Kier alpha value is -1.10. The normalized spacial score (nSPS) is 22.9. The molecule has 0 aromatic heterocycles. The third-order valence-corrected chi connectivity index (χ3v) is 3.99. The fraction of sp³-hybridized carbons (Fsp3) is 0.857. The number of likely N-dealkylation sites (tertiary alicyclic amines) is 1. The number of aliphatic carboxylic acids is 1. The summed E-state index contributed by atoms with van der Waals surface area (Å²) in [4.78, 5) is 24.7. The zero-order valence-electron chi connectivity index (χ0n) is 12.0. The van der Waals surface area contributed by atoms with Crippen LogP contribution in [0.4, 0.5) is 0 Å². The fourth-order valence-corrected chi connectivity index (χ4v) is 2.79. The van der Waals surface area contributed by atoms with E-state index in [1.165, 1.54) is 0 Å². The van der Waals surface area contributed by atoms with E-state index in [4.69, 9.17) is 10.8 Å². The highest BCUT2D eigenvalue weighted by Crippen LogP contribution is 2.26. The van der Waals surface area contributed by atoms with Gasteiger partial charge in [0.1, 0.15) is 0 Å². The van der Waals surface area contributed by atoms with E-state index in [1.54, 1.807) is 0 Å². The number of carboxylic acid groups (broad SMARTS) is 1. The first-order chi connectivity index (χ1) is 8.95. The highest BCUT2D eigenvalue weighted by molar-refractivity contribution is 5.81. The van der Waals surface area contributed by atoms with Gasteiger partial charge in [0, 0.05) is 19.5 Å². The molecule has 0 saturated carbocycles. The van der Waals surface area contributed by atoms with Crippen LogP contribution < -0.4 is 5.73 Å². The van der Waals surface area contributed by atoms with Crippen LogP contribution >= 0.6 is 0 Å². The van der Waals surface area contributed by atoms with Gasteiger partial charge in [0.2, 0.25) is 5.91 Å². The van der Waals surface area contributed by atoms with Gasteiger partial charge in [0.05, 0.1) is 6.04 Å². The van der Waals surface area contributed by atoms with Crippen molar-refractivity contribution in [3.05, 3.63) is 0 Å². The van der Waals surface area contributed by atoms with Gasteiger partial charge in [-0.15, -0.1) is 0 Å². The molecule has 0 aromatic carbocycles. The molecule has 1 rings (SSSR count). The Morgan fingerprint density at radius 1 is 1.47 bits per heavy atom. The molecule has 5 heteroatoms. The molecule has 1 fully saturated rings. The van der Waals surface area contributed by atoms with E-state index in [2.05, 4.69) is 0 Å². The highest BCUT2D eigenvalue weighted by atomic mass is 16.4. The minimum Gasteiger partial charge on any atom is -0.481 e. The molecule has 3 N–H and O–H groups in total. The lowest BCUT2D eigenvalue weighted by Crippen LogP contribution is -2.48. The maximum Gasteiger partial charge on any atom is 0.303 e. The van der Waals surface area contributed by atoms with Crippen LogP contribution in [0.1, 0.15) is 46.0 Å². The Kier molecular flexibility index (Phi) is 6.28. The molecular formula is C14H26N2O3. The van der Waals surface area contributed by atoms with E-state index in [1.807, 2.05) is 18.7 Å². The van der Waals surface area contributed by atoms with Gasteiger partial charge in [-0.05, 0) is 31.1 Å². The van der Waals surface area contributed by atoms with E-state index in [9.17, 15) is 9.59 Å². The second-order valence-electron chi connectivity index (χ2n) is 5.66. The topological polar surface area (TPSA) is 83.6 Å². The Labute approximate surface area is 115 Å². The lowest BCUT2D eigenvalue weighted by Gasteiger charge is -2.36. The van der Waals surface area contributed by atoms with Crippen LogP contribution in [0, 0.1) is 11.8 Å². The van der Waals surface area contributed by atoms with Crippen molar-refractivity contribution in [2.75, 3.05) is 13.1 Å². The average Bonchev–Trinajstić information content (AvgIpc) is 2.37. The molecule has 1 aliphatic heterocycles. The number of carbonyl (C=O) groups excluding carboxylic acids is 1. The summed E-state index contributed by atoms with van der Waals surface area (Å²) in [5, 5.41) is 8.85. The average molecular weight is 270 g/mol. The molecule has 0 bridgehead atoms. The molecular weight excluding hydrogens is 244 g/mol. The number of rotatable bonds is 6. The highest BCUT2D eigenvalue weighted by Gasteiger charge is 2.30. The summed E-state index contributed by atoms with van der Waals surface area (Å²) in [5.74, 6) is -0.356. The van der Waals surface area contributed by atoms with Gasteiger partial charge < -0.3 is 15.7 Å². The van der Waals surface area contributed by atoms with Gasteiger partial charge in [-0.25, -0.2) is 0 Å². The number of carbonyl (C=O) groups is 2. The summed E-state index contributed by atoms with van der Waals surface area (Å²) in [6, 6.07) is -0.404. The minimum atomic E-state index is -0.765. The molecule has 110 valence electrons. The Morgan fingerprint density at radius 3 is 2.74 bits per heavy atom. The third-order valence-electron chi connectivity index (χ3n) is 3.99. The number of hydrogen-bond donors (Lipinski definition) is 2. The predicted octanol–water partition coefficient (Wildman–Crippen LogP) is 1.46. The predicted molar refractivity (Wildman–Crippen MR) is 73.6 cm³/mol. The van der Waals surface area contributed by atoms with Crippen LogP contribution in [-0.4, -0.2) is 41.0 Å². The van der Waals surface area contributed by atoms with Crippen LogP contribution in [0.25, 0.3) is 0 Å². The monoisotopic (exact) mass is 270 g/mol. The first kappa shape index (κ1) is 16.0. The zero-order chi connectivity index (χ0) is 14.4. The number of nitrogens with zero attached hydrogens (tertiary/aromatic N) is 1. The largest absolute Gasteiger partial charge is 0.481 e. The van der Waals surface area contributed by atoms with Crippen LogP contribution in [-0.2, 0) is 9.59 Å². The smallest absolute Gasteiger partial charge is 0.303 e. The van der Waals surface area contributed by atoms with Crippen LogP contribution in [0.5, 0.6) is 0 Å². The fourth-order valence-electron chi connectivity index (χ4n) is 2.79. The van der Waals surface area contributed by atoms with E-state index >= 15 is 0 Å². The lowest BCUT2D eigenvalue weighted by molar-refractivity contribution is -0.138. The zero-order valence-corrected chi connectivity index (χ0v) is 12.0. The molecule has 1 heterocycles. The first-order valence-electron chi connectivity index (χ1n) is 7.21. The van der Waals surface area contributed by atoms with Gasteiger partial charge >= 0.3 is 5.97 Å². The summed E-state index contributed by atoms with van der Waals surface area (Å²) in [5.41, 5.74) is 5.88. The van der Waals surface area contributed by atoms with Crippen LogP contribution in [0.3, 0.4) is 0 Å². The SMILES string of the molecule is CCC[C@H](N)C(=O)N1CCCC(C(C)CC(=O)O)C1. The second kappa shape index (κ2) is 7.48. The summed E-state index contributed by atoms with van der Waals surface area (Å²) >= 11 is 0. The van der Waals surface area contributed by atoms with Gasteiger partial charge in [0.15, 0.2) is 0 Å². The standard InChI is InChI=1S/C14H26N2O3/c1-3-5-12(15)14(19)16-7-4-6-11(9-16)10(2)8-13(17)18/h10-12H,3-9,15H2,1-2H3,(H,17,18)/t10?,11?,12-/m0/s1. The first-order valence-corrected chi connectivity index (χ1v) is 7.21. The Bertz CT molecular complexity index is 320. The molecule has 5 nitrogen and oxygen atoms in total. The van der Waals surface area contributed by atoms with Crippen molar-refractivity contribution in [1.82, 2.24) is 4.90 Å². The van der Waals surface area contributed by atoms with E-state index in [0.717, 1.165) is 25.8 Å². The van der Waals surface area contributed by atoms with Gasteiger partial charge in [-0.1, -0.05) is 20.3 Å². The molecule has 0 aromatic rings. The van der Waals surface area contributed by atoms with E-state index in [-0.39, 0.29) is 24.2 Å². The molecule has 1 amide bonds. The van der Waals surface area contributed by atoms with Crippen molar-refractivity contribution < 1.29 is 14.7 Å². The van der Waals surface area contributed by atoms with Gasteiger partial charge in [-0.3, -0.25) is 9.59 Å². The van der Waals surface area contributed by atoms with Gasteiger partial charge in [0.25, 0.3) is 0 Å². The molecule has 3 atom stereocenters.